The summed E-state index contributed by atoms with van der Waals surface area (Å²) in [5.41, 5.74) is 3.52. The van der Waals surface area contributed by atoms with Crippen molar-refractivity contribution in [2.75, 3.05) is 13.2 Å². The van der Waals surface area contributed by atoms with Crippen molar-refractivity contribution in [2.24, 2.45) is 0 Å². The number of aromatic nitrogens is 1. The Morgan fingerprint density at radius 1 is 1.32 bits per heavy atom. The van der Waals surface area contributed by atoms with Gasteiger partial charge in [0.1, 0.15) is 6.10 Å². The summed E-state index contributed by atoms with van der Waals surface area (Å²) in [6.45, 7) is 3.45. The molecule has 116 valence electrons. The van der Waals surface area contributed by atoms with Crippen molar-refractivity contribution in [3.8, 4) is 0 Å². The molecule has 1 aliphatic heterocycles. The monoisotopic (exact) mass is 299 g/mol. The third kappa shape index (κ3) is 3.64. The summed E-state index contributed by atoms with van der Waals surface area (Å²) in [5, 5.41) is 0. The predicted octanol–water partition coefficient (Wildman–Crippen LogP) is 3.83. The number of hydrogen-bond donors (Lipinski definition) is 0. The van der Waals surface area contributed by atoms with E-state index in [4.69, 9.17) is 14.5 Å². The lowest BCUT2D eigenvalue weighted by atomic mass is 9.92. The van der Waals surface area contributed by atoms with Crippen molar-refractivity contribution in [3.63, 3.8) is 0 Å². The maximum Gasteiger partial charge on any atom is 0.168 e. The Bertz CT molecular complexity index is 590. The summed E-state index contributed by atoms with van der Waals surface area (Å²) >= 11 is 0. The first-order valence-corrected chi connectivity index (χ1v) is 7.80. The first-order chi connectivity index (χ1) is 10.9. The molecule has 1 unspecified atom stereocenters. The van der Waals surface area contributed by atoms with Crippen LogP contribution in [0, 0.1) is 0 Å². The van der Waals surface area contributed by atoms with Crippen LogP contribution in [0.3, 0.4) is 0 Å². The molecule has 22 heavy (non-hydrogen) atoms. The molecule has 1 aromatic rings. The van der Waals surface area contributed by atoms with E-state index in [1.165, 1.54) is 5.57 Å². The molecule has 3 rings (SSSR count). The fourth-order valence-electron chi connectivity index (χ4n) is 2.50. The SMILES string of the molecule is CCCCOCC1C=C2CC(c3cccnc3)=CC=C2OO1. The molecule has 2 heterocycles. The Labute approximate surface area is 131 Å². The zero-order chi connectivity index (χ0) is 15.2. The molecule has 0 amide bonds. The standard InChI is InChI=1S/C18H21NO3/c1-2-3-9-20-13-17-11-16-10-14(6-7-18(16)22-21-17)15-5-4-8-19-12-15/h4-8,11-12,17H,2-3,9-10,13H2,1H3. The summed E-state index contributed by atoms with van der Waals surface area (Å²) < 4.78 is 5.61. The zero-order valence-electron chi connectivity index (χ0n) is 12.8. The molecule has 0 saturated heterocycles. The van der Waals surface area contributed by atoms with Gasteiger partial charge in [-0.3, -0.25) is 4.98 Å². The van der Waals surface area contributed by atoms with Crippen LogP contribution in [0.2, 0.25) is 0 Å². The second-order valence-electron chi connectivity index (χ2n) is 5.48. The highest BCUT2D eigenvalue weighted by atomic mass is 17.2. The smallest absolute Gasteiger partial charge is 0.168 e. The van der Waals surface area contributed by atoms with Gasteiger partial charge < -0.3 is 9.62 Å². The molecule has 4 nitrogen and oxygen atoms in total. The van der Waals surface area contributed by atoms with E-state index in [1.807, 2.05) is 18.3 Å². The summed E-state index contributed by atoms with van der Waals surface area (Å²) in [5.74, 6) is 0.789. The van der Waals surface area contributed by atoms with Gasteiger partial charge in [-0.05, 0) is 35.8 Å². The molecule has 0 fully saturated rings. The maximum absolute atomic E-state index is 5.61. The molecular formula is C18H21NO3. The van der Waals surface area contributed by atoms with Gasteiger partial charge >= 0.3 is 0 Å². The molecule has 0 saturated carbocycles. The van der Waals surface area contributed by atoms with E-state index in [2.05, 4.69) is 30.1 Å². The minimum atomic E-state index is -0.141. The van der Waals surface area contributed by atoms with Gasteiger partial charge in [-0.1, -0.05) is 25.5 Å². The number of ether oxygens (including phenoxy) is 1. The number of allylic oxidation sites excluding steroid dienone is 4. The van der Waals surface area contributed by atoms with Gasteiger partial charge in [-0.25, -0.2) is 0 Å². The number of pyridine rings is 1. The Balaban J connectivity index is 1.65. The van der Waals surface area contributed by atoms with E-state index >= 15 is 0 Å². The minimum Gasteiger partial charge on any atom is -0.378 e. The molecule has 2 aliphatic rings. The van der Waals surface area contributed by atoms with E-state index in [-0.39, 0.29) is 6.10 Å². The first kappa shape index (κ1) is 15.0. The summed E-state index contributed by atoms with van der Waals surface area (Å²) in [6, 6.07) is 4.03. The Morgan fingerprint density at radius 3 is 3.09 bits per heavy atom. The average Bonchev–Trinajstić information content (AvgIpc) is 2.59. The van der Waals surface area contributed by atoms with Gasteiger partial charge in [-0.2, -0.15) is 4.89 Å². The van der Waals surface area contributed by atoms with E-state index in [1.54, 1.807) is 6.20 Å². The number of fused-ring (bicyclic) bond motifs is 1. The van der Waals surface area contributed by atoms with Crippen molar-refractivity contribution in [1.29, 1.82) is 0 Å². The van der Waals surface area contributed by atoms with Crippen LogP contribution in [0.1, 0.15) is 31.7 Å². The summed E-state index contributed by atoms with van der Waals surface area (Å²) in [7, 11) is 0. The van der Waals surface area contributed by atoms with Gasteiger partial charge in [0.2, 0.25) is 0 Å². The molecule has 4 heteroatoms. The first-order valence-electron chi connectivity index (χ1n) is 7.80. The van der Waals surface area contributed by atoms with Crippen LogP contribution in [0.25, 0.3) is 5.57 Å². The lowest BCUT2D eigenvalue weighted by molar-refractivity contribution is -0.294. The van der Waals surface area contributed by atoms with E-state index in [9.17, 15) is 0 Å². The highest BCUT2D eigenvalue weighted by Crippen LogP contribution is 2.34. The topological polar surface area (TPSA) is 40.6 Å². The van der Waals surface area contributed by atoms with Crippen LogP contribution in [0.15, 0.2) is 54.1 Å². The van der Waals surface area contributed by atoms with Crippen molar-refractivity contribution in [2.45, 2.75) is 32.3 Å². The lowest BCUT2D eigenvalue weighted by Gasteiger charge is -2.25. The normalized spacial score (nSPS) is 20.4. The third-order valence-electron chi connectivity index (χ3n) is 3.74. The van der Waals surface area contributed by atoms with Crippen LogP contribution >= 0.6 is 0 Å². The van der Waals surface area contributed by atoms with E-state index in [0.717, 1.165) is 42.8 Å². The van der Waals surface area contributed by atoms with Crippen molar-refractivity contribution in [1.82, 2.24) is 4.98 Å². The van der Waals surface area contributed by atoms with Gasteiger partial charge in [0.05, 0.1) is 6.61 Å². The van der Waals surface area contributed by atoms with Crippen LogP contribution < -0.4 is 0 Å². The Hall–Kier alpha value is -1.91. The summed E-state index contributed by atoms with van der Waals surface area (Å²) in [6.07, 6.45) is 12.7. The molecule has 0 spiro atoms. The molecule has 1 aromatic heterocycles. The highest BCUT2D eigenvalue weighted by Gasteiger charge is 2.23. The zero-order valence-corrected chi connectivity index (χ0v) is 12.8. The van der Waals surface area contributed by atoms with Crippen LogP contribution in [0.4, 0.5) is 0 Å². The van der Waals surface area contributed by atoms with Crippen molar-refractivity contribution >= 4 is 5.57 Å². The van der Waals surface area contributed by atoms with Gasteiger partial charge in [0.15, 0.2) is 5.76 Å². The Kier molecular flexibility index (Phi) is 5.03. The predicted molar refractivity (Wildman–Crippen MR) is 84.7 cm³/mol. The van der Waals surface area contributed by atoms with Crippen molar-refractivity contribution < 1.29 is 14.5 Å². The highest BCUT2D eigenvalue weighted by molar-refractivity contribution is 5.72. The molecule has 0 radical (unpaired) electrons. The minimum absolute atomic E-state index is 0.141. The average molecular weight is 299 g/mol. The largest absolute Gasteiger partial charge is 0.378 e. The quantitative estimate of drug-likeness (QED) is 0.591. The van der Waals surface area contributed by atoms with Gasteiger partial charge in [0, 0.05) is 31.0 Å². The van der Waals surface area contributed by atoms with E-state index < -0.39 is 0 Å². The number of nitrogens with zero attached hydrogens (tertiary/aromatic N) is 1. The third-order valence-corrected chi connectivity index (χ3v) is 3.74. The van der Waals surface area contributed by atoms with Crippen molar-refractivity contribution in [3.05, 3.63) is 59.7 Å². The number of hydrogen-bond acceptors (Lipinski definition) is 4. The second kappa shape index (κ2) is 7.38. The number of rotatable bonds is 6. The fourth-order valence-corrected chi connectivity index (χ4v) is 2.50. The molecular weight excluding hydrogens is 278 g/mol. The van der Waals surface area contributed by atoms with Gasteiger partial charge in [0.25, 0.3) is 0 Å². The van der Waals surface area contributed by atoms with Crippen LogP contribution in [-0.4, -0.2) is 24.3 Å². The molecule has 0 aromatic carbocycles. The number of unbranched alkanes of at least 4 members (excludes halogenated alkanes) is 1. The second-order valence-corrected chi connectivity index (χ2v) is 5.48. The summed E-state index contributed by atoms with van der Waals surface area (Å²) in [4.78, 5) is 14.9. The van der Waals surface area contributed by atoms with Gasteiger partial charge in [-0.15, -0.1) is 0 Å². The lowest BCUT2D eigenvalue weighted by Crippen LogP contribution is -2.23. The molecule has 1 aliphatic carbocycles. The maximum atomic E-state index is 5.61. The molecule has 1 atom stereocenters. The molecule has 0 N–H and O–H groups in total. The van der Waals surface area contributed by atoms with E-state index in [0.29, 0.717) is 6.61 Å². The van der Waals surface area contributed by atoms with Crippen LogP contribution in [-0.2, 0) is 14.5 Å². The Morgan fingerprint density at radius 2 is 2.27 bits per heavy atom. The molecule has 0 bridgehead atoms. The fraction of sp³-hybridized carbons (Fsp3) is 0.389. The van der Waals surface area contributed by atoms with Crippen LogP contribution in [0.5, 0.6) is 0 Å².